The number of nitrogens with one attached hydrogen (secondary N) is 1. The van der Waals surface area contributed by atoms with Crippen LogP contribution in [0.3, 0.4) is 0 Å². The molecule has 1 aliphatic rings. The van der Waals surface area contributed by atoms with Crippen molar-refractivity contribution < 1.29 is 0 Å². The van der Waals surface area contributed by atoms with E-state index in [1.165, 1.54) is 12.8 Å². The van der Waals surface area contributed by atoms with Gasteiger partial charge in [0, 0.05) is 22.0 Å². The molecule has 0 amide bonds. The van der Waals surface area contributed by atoms with Crippen molar-refractivity contribution in [2.24, 2.45) is 5.92 Å². The Balaban J connectivity index is 2.30. The van der Waals surface area contributed by atoms with Crippen LogP contribution < -0.4 is 5.32 Å². The van der Waals surface area contributed by atoms with Gasteiger partial charge < -0.3 is 5.32 Å². The summed E-state index contributed by atoms with van der Waals surface area (Å²) in [4.78, 5) is 0. The second-order valence-electron chi connectivity index (χ2n) is 5.37. The van der Waals surface area contributed by atoms with Crippen molar-refractivity contribution >= 4 is 23.2 Å². The first-order valence-corrected chi connectivity index (χ1v) is 7.52. The maximum Gasteiger partial charge on any atom is 0.0459 e. The third kappa shape index (κ3) is 2.41. The molecule has 3 heteroatoms. The maximum absolute atomic E-state index is 6.39. The number of halogens is 2. The molecule has 0 saturated heterocycles. The monoisotopic (exact) mass is 285 g/mol. The van der Waals surface area contributed by atoms with Crippen LogP contribution in [-0.2, 0) is 5.41 Å². The average Bonchev–Trinajstić information content (AvgIpc) is 2.34. The van der Waals surface area contributed by atoms with Crippen LogP contribution in [0.15, 0.2) is 18.2 Å². The molecule has 100 valence electrons. The fourth-order valence-corrected chi connectivity index (χ4v) is 3.74. The summed E-state index contributed by atoms with van der Waals surface area (Å²) in [5.74, 6) is 0.638. The molecule has 2 atom stereocenters. The van der Waals surface area contributed by atoms with Gasteiger partial charge in [0.1, 0.15) is 0 Å². The van der Waals surface area contributed by atoms with E-state index < -0.39 is 0 Å². The van der Waals surface area contributed by atoms with Crippen molar-refractivity contribution in [1.82, 2.24) is 5.32 Å². The third-order valence-electron chi connectivity index (χ3n) is 4.29. The highest BCUT2D eigenvalue weighted by Crippen LogP contribution is 2.52. The van der Waals surface area contributed by atoms with Crippen LogP contribution in [-0.4, -0.2) is 13.1 Å². The molecule has 1 nitrogen and oxygen atoms in total. The van der Waals surface area contributed by atoms with Gasteiger partial charge in [-0.15, -0.1) is 0 Å². The van der Waals surface area contributed by atoms with Gasteiger partial charge >= 0.3 is 0 Å². The van der Waals surface area contributed by atoms with Gasteiger partial charge in [-0.1, -0.05) is 43.1 Å². The summed E-state index contributed by atoms with van der Waals surface area (Å²) in [6, 6.07) is 5.83. The predicted molar refractivity (Wildman–Crippen MR) is 79.7 cm³/mol. The summed E-state index contributed by atoms with van der Waals surface area (Å²) in [6.45, 7) is 6.52. The number of hydrogen-bond donors (Lipinski definition) is 1. The maximum atomic E-state index is 6.39. The van der Waals surface area contributed by atoms with E-state index in [2.05, 4.69) is 19.2 Å². The van der Waals surface area contributed by atoms with Crippen molar-refractivity contribution in [3.05, 3.63) is 33.8 Å². The Kier molecular flexibility index (Phi) is 4.58. The molecular weight excluding hydrogens is 265 g/mol. The number of benzene rings is 1. The normalized spacial score (nSPS) is 27.0. The highest BCUT2D eigenvalue weighted by molar-refractivity contribution is 6.36. The average molecular weight is 286 g/mol. The standard InChI is InChI=1S/C15H21Cl2N/c1-3-9-18-10-15(8-7-11(15)2)14-12(16)5-4-6-13(14)17/h4-6,11,18H,3,7-10H2,1-2H3. The first-order chi connectivity index (χ1) is 8.62. The van der Waals surface area contributed by atoms with Crippen LogP contribution >= 0.6 is 23.2 Å². The molecule has 0 heterocycles. The van der Waals surface area contributed by atoms with Gasteiger partial charge in [-0.2, -0.15) is 0 Å². The van der Waals surface area contributed by atoms with Crippen LogP contribution in [0, 0.1) is 5.92 Å². The Morgan fingerprint density at radius 2 is 2.00 bits per heavy atom. The van der Waals surface area contributed by atoms with E-state index in [9.17, 15) is 0 Å². The topological polar surface area (TPSA) is 12.0 Å². The predicted octanol–water partition coefficient (Wildman–Crippen LogP) is 4.66. The zero-order valence-corrected chi connectivity index (χ0v) is 12.6. The van der Waals surface area contributed by atoms with Gasteiger partial charge in [0.2, 0.25) is 0 Å². The van der Waals surface area contributed by atoms with Crippen LogP contribution in [0.5, 0.6) is 0 Å². The SMILES string of the molecule is CCCNCC1(c2c(Cl)cccc2Cl)CCC1C. The third-order valence-corrected chi connectivity index (χ3v) is 4.92. The largest absolute Gasteiger partial charge is 0.316 e. The van der Waals surface area contributed by atoms with Crippen molar-refractivity contribution in [3.63, 3.8) is 0 Å². The van der Waals surface area contributed by atoms with E-state index in [-0.39, 0.29) is 5.41 Å². The molecule has 2 rings (SSSR count). The molecular formula is C15H21Cl2N. The minimum Gasteiger partial charge on any atom is -0.316 e. The summed E-state index contributed by atoms with van der Waals surface area (Å²) in [5, 5.41) is 5.17. The molecule has 1 aromatic carbocycles. The molecule has 0 bridgehead atoms. The molecule has 0 radical (unpaired) electrons. The molecule has 1 saturated carbocycles. The van der Waals surface area contributed by atoms with Gasteiger partial charge in [0.15, 0.2) is 0 Å². The quantitative estimate of drug-likeness (QED) is 0.776. The zero-order valence-electron chi connectivity index (χ0n) is 11.1. The second kappa shape index (κ2) is 5.81. The first-order valence-electron chi connectivity index (χ1n) is 6.77. The first kappa shape index (κ1) is 14.2. The lowest BCUT2D eigenvalue weighted by Gasteiger charge is -2.49. The van der Waals surface area contributed by atoms with Gasteiger partial charge in [0.25, 0.3) is 0 Å². The van der Waals surface area contributed by atoms with E-state index in [0.29, 0.717) is 5.92 Å². The molecule has 1 fully saturated rings. The fourth-order valence-electron chi connectivity index (χ4n) is 2.97. The minimum absolute atomic E-state index is 0.130. The Bertz CT molecular complexity index is 399. The van der Waals surface area contributed by atoms with E-state index in [1.807, 2.05) is 18.2 Å². The van der Waals surface area contributed by atoms with Crippen LogP contribution in [0.1, 0.15) is 38.7 Å². The van der Waals surface area contributed by atoms with Crippen molar-refractivity contribution in [2.45, 2.75) is 38.5 Å². The van der Waals surface area contributed by atoms with Gasteiger partial charge in [-0.3, -0.25) is 0 Å². The molecule has 0 aliphatic heterocycles. The Morgan fingerprint density at radius 3 is 2.44 bits per heavy atom. The van der Waals surface area contributed by atoms with Crippen molar-refractivity contribution in [3.8, 4) is 0 Å². The van der Waals surface area contributed by atoms with E-state index in [0.717, 1.165) is 35.1 Å². The minimum atomic E-state index is 0.130. The lowest BCUT2D eigenvalue weighted by atomic mass is 9.57. The Labute approximate surface area is 120 Å². The van der Waals surface area contributed by atoms with E-state index >= 15 is 0 Å². The van der Waals surface area contributed by atoms with E-state index in [1.54, 1.807) is 0 Å². The zero-order chi connectivity index (χ0) is 13.2. The molecule has 2 unspecified atom stereocenters. The summed E-state index contributed by atoms with van der Waals surface area (Å²) >= 11 is 12.8. The Hall–Kier alpha value is -0.240. The summed E-state index contributed by atoms with van der Waals surface area (Å²) in [7, 11) is 0. The van der Waals surface area contributed by atoms with Gasteiger partial charge in [0.05, 0.1) is 0 Å². The number of hydrogen-bond acceptors (Lipinski definition) is 1. The van der Waals surface area contributed by atoms with Crippen LogP contribution in [0.2, 0.25) is 10.0 Å². The molecule has 1 aliphatic carbocycles. The molecule has 0 aromatic heterocycles. The highest BCUT2D eigenvalue weighted by Gasteiger charge is 2.47. The van der Waals surface area contributed by atoms with Crippen molar-refractivity contribution in [2.75, 3.05) is 13.1 Å². The Morgan fingerprint density at radius 1 is 1.33 bits per heavy atom. The van der Waals surface area contributed by atoms with Gasteiger partial charge in [-0.05, 0) is 49.4 Å². The smallest absolute Gasteiger partial charge is 0.0459 e. The molecule has 1 N–H and O–H groups in total. The lowest BCUT2D eigenvalue weighted by Crippen LogP contribution is -2.50. The van der Waals surface area contributed by atoms with Gasteiger partial charge in [-0.25, -0.2) is 0 Å². The summed E-state index contributed by atoms with van der Waals surface area (Å²) < 4.78 is 0. The van der Waals surface area contributed by atoms with E-state index in [4.69, 9.17) is 23.2 Å². The summed E-state index contributed by atoms with van der Waals surface area (Å²) in [5.41, 5.74) is 1.28. The highest BCUT2D eigenvalue weighted by atomic mass is 35.5. The van der Waals surface area contributed by atoms with Crippen LogP contribution in [0.25, 0.3) is 0 Å². The van der Waals surface area contributed by atoms with Crippen LogP contribution in [0.4, 0.5) is 0 Å². The summed E-state index contributed by atoms with van der Waals surface area (Å²) in [6.07, 6.45) is 3.59. The second-order valence-corrected chi connectivity index (χ2v) is 6.18. The fraction of sp³-hybridized carbons (Fsp3) is 0.600. The molecule has 18 heavy (non-hydrogen) atoms. The number of rotatable bonds is 5. The lowest BCUT2D eigenvalue weighted by molar-refractivity contribution is 0.134. The molecule has 0 spiro atoms. The molecule has 1 aromatic rings. The van der Waals surface area contributed by atoms with Crippen molar-refractivity contribution in [1.29, 1.82) is 0 Å².